The fourth-order valence-corrected chi connectivity index (χ4v) is 3.49. The zero-order valence-corrected chi connectivity index (χ0v) is 16.4. The van der Waals surface area contributed by atoms with Crippen LogP contribution in [0.4, 0.5) is 5.69 Å². The second kappa shape index (κ2) is 9.94. The Bertz CT molecular complexity index is 710. The molecule has 3 rings (SSSR count). The van der Waals surface area contributed by atoms with Crippen molar-refractivity contribution in [2.75, 3.05) is 31.1 Å². The molecule has 0 spiro atoms. The van der Waals surface area contributed by atoms with Gasteiger partial charge in [0.05, 0.1) is 6.54 Å². The Kier molecular flexibility index (Phi) is 7.07. The molecular weight excluding hydrogens is 338 g/mol. The highest BCUT2D eigenvalue weighted by Crippen LogP contribution is 2.19. The van der Waals surface area contributed by atoms with E-state index >= 15 is 0 Å². The van der Waals surface area contributed by atoms with E-state index in [0.29, 0.717) is 12.6 Å². The van der Waals surface area contributed by atoms with Crippen molar-refractivity contribution >= 4 is 11.6 Å². The van der Waals surface area contributed by atoms with Crippen molar-refractivity contribution in [1.29, 1.82) is 0 Å². The number of nitrogens with zero attached hydrogens (tertiary/aromatic N) is 5. The Balaban J connectivity index is 1.56. The molecule has 27 heavy (non-hydrogen) atoms. The molecule has 146 valence electrons. The maximum Gasteiger partial charge on any atom is 0.191 e. The van der Waals surface area contributed by atoms with E-state index in [1.807, 2.05) is 0 Å². The van der Waals surface area contributed by atoms with E-state index in [9.17, 15) is 0 Å². The second-order valence-corrected chi connectivity index (χ2v) is 6.82. The van der Waals surface area contributed by atoms with E-state index < -0.39 is 0 Å². The third kappa shape index (κ3) is 5.45. The van der Waals surface area contributed by atoms with Crippen LogP contribution in [0.2, 0.25) is 0 Å². The van der Waals surface area contributed by atoms with E-state index in [1.165, 1.54) is 18.5 Å². The van der Waals surface area contributed by atoms with Crippen LogP contribution in [0.25, 0.3) is 0 Å². The average molecular weight is 370 g/mol. The van der Waals surface area contributed by atoms with E-state index in [1.54, 1.807) is 6.33 Å². The summed E-state index contributed by atoms with van der Waals surface area (Å²) in [6.07, 6.45) is 5.03. The summed E-state index contributed by atoms with van der Waals surface area (Å²) in [6, 6.07) is 11.1. The number of aliphatic imine (C=N–C) groups is 1. The molecule has 0 amide bonds. The van der Waals surface area contributed by atoms with E-state index in [4.69, 9.17) is 4.99 Å². The van der Waals surface area contributed by atoms with Crippen LogP contribution in [-0.2, 0) is 13.0 Å². The van der Waals surface area contributed by atoms with Crippen molar-refractivity contribution in [2.45, 2.75) is 45.7 Å². The minimum absolute atomic E-state index is 0.401. The quantitative estimate of drug-likeness (QED) is 0.577. The van der Waals surface area contributed by atoms with Crippen LogP contribution in [0.5, 0.6) is 0 Å². The summed E-state index contributed by atoms with van der Waals surface area (Å²) >= 11 is 0. The third-order valence-electron chi connectivity index (χ3n) is 4.85. The number of hydrogen-bond acceptors (Lipinski definition) is 4. The molecule has 1 unspecified atom stereocenters. The number of nitrogens with one attached hydrogen (secondary N) is 2. The Hall–Kier alpha value is -2.57. The molecule has 1 aliphatic heterocycles. The van der Waals surface area contributed by atoms with Gasteiger partial charge in [-0.05, 0) is 31.9 Å². The number of aromatic nitrogens is 3. The first-order valence-electron chi connectivity index (χ1n) is 10.0. The Morgan fingerprint density at radius 2 is 2.11 bits per heavy atom. The lowest BCUT2D eigenvalue weighted by atomic mass is 10.1. The first-order valence-corrected chi connectivity index (χ1v) is 10.0. The van der Waals surface area contributed by atoms with Crippen LogP contribution in [0.15, 0.2) is 41.7 Å². The van der Waals surface area contributed by atoms with Gasteiger partial charge in [-0.3, -0.25) is 4.99 Å². The summed E-state index contributed by atoms with van der Waals surface area (Å²) in [5, 5.41) is 15.1. The summed E-state index contributed by atoms with van der Waals surface area (Å²) in [5.41, 5.74) is 1.30. The Labute approximate surface area is 161 Å². The van der Waals surface area contributed by atoms with Crippen molar-refractivity contribution in [3.05, 3.63) is 42.5 Å². The zero-order valence-electron chi connectivity index (χ0n) is 16.4. The lowest BCUT2D eigenvalue weighted by Gasteiger charge is -2.35. The zero-order chi connectivity index (χ0) is 18.9. The van der Waals surface area contributed by atoms with Crippen molar-refractivity contribution < 1.29 is 0 Å². The Morgan fingerprint density at radius 1 is 1.26 bits per heavy atom. The molecule has 0 radical (unpaired) electrons. The molecule has 1 aliphatic rings. The number of piperidine rings is 1. The monoisotopic (exact) mass is 369 g/mol. The normalized spacial score (nSPS) is 17.8. The van der Waals surface area contributed by atoms with Crippen LogP contribution in [0.1, 0.15) is 32.5 Å². The molecule has 1 aromatic carbocycles. The number of rotatable bonds is 7. The molecular formula is C20H31N7. The van der Waals surface area contributed by atoms with Crippen molar-refractivity contribution in [1.82, 2.24) is 25.4 Å². The summed E-state index contributed by atoms with van der Waals surface area (Å²) in [7, 11) is 0. The van der Waals surface area contributed by atoms with Gasteiger partial charge in [-0.15, -0.1) is 10.2 Å². The van der Waals surface area contributed by atoms with Gasteiger partial charge >= 0.3 is 0 Å². The van der Waals surface area contributed by atoms with E-state index in [-0.39, 0.29) is 0 Å². The highest BCUT2D eigenvalue weighted by Gasteiger charge is 2.20. The second-order valence-electron chi connectivity index (χ2n) is 6.82. The number of hydrogen-bond donors (Lipinski definition) is 2. The molecule has 1 aromatic heterocycles. The summed E-state index contributed by atoms with van der Waals surface area (Å²) in [4.78, 5) is 7.21. The molecule has 1 saturated heterocycles. The van der Waals surface area contributed by atoms with Crippen LogP contribution in [-0.4, -0.2) is 52.9 Å². The number of para-hydroxylation sites is 1. The van der Waals surface area contributed by atoms with Gasteiger partial charge in [-0.2, -0.15) is 0 Å². The van der Waals surface area contributed by atoms with Gasteiger partial charge < -0.3 is 20.1 Å². The lowest BCUT2D eigenvalue weighted by Crippen LogP contribution is -2.51. The SMILES string of the molecule is CCNC(=NCCn1cnnc1CC)NC1CCCN(c2ccccc2)C1. The van der Waals surface area contributed by atoms with Gasteiger partial charge in [0.2, 0.25) is 0 Å². The highest BCUT2D eigenvalue weighted by molar-refractivity contribution is 5.80. The molecule has 2 heterocycles. The molecule has 7 nitrogen and oxygen atoms in total. The number of benzene rings is 1. The summed E-state index contributed by atoms with van der Waals surface area (Å²) < 4.78 is 2.07. The molecule has 7 heteroatoms. The number of guanidine groups is 1. The standard InChI is InChI=1S/C20H31N7/c1-3-19-25-23-16-27(19)14-12-22-20(21-4-2)24-17-9-8-13-26(15-17)18-10-6-5-7-11-18/h5-7,10-11,16-17H,3-4,8-9,12-15H2,1-2H3,(H2,21,22,24). The van der Waals surface area contributed by atoms with Crippen LogP contribution >= 0.6 is 0 Å². The van der Waals surface area contributed by atoms with Gasteiger partial charge in [-0.25, -0.2) is 0 Å². The maximum atomic E-state index is 4.76. The molecule has 0 bridgehead atoms. The predicted molar refractivity (Wildman–Crippen MR) is 110 cm³/mol. The summed E-state index contributed by atoms with van der Waals surface area (Å²) in [5.74, 6) is 1.90. The predicted octanol–water partition coefficient (Wildman–Crippen LogP) is 2.06. The molecule has 0 aliphatic carbocycles. The van der Waals surface area contributed by atoms with Crippen molar-refractivity contribution in [3.63, 3.8) is 0 Å². The number of aryl methyl sites for hydroxylation is 1. The third-order valence-corrected chi connectivity index (χ3v) is 4.85. The van der Waals surface area contributed by atoms with Gasteiger partial charge in [0, 0.05) is 44.3 Å². The van der Waals surface area contributed by atoms with E-state index in [2.05, 4.69) is 74.5 Å². The highest BCUT2D eigenvalue weighted by atomic mass is 15.3. The molecule has 0 saturated carbocycles. The van der Waals surface area contributed by atoms with Crippen LogP contribution in [0, 0.1) is 0 Å². The minimum atomic E-state index is 0.401. The smallest absolute Gasteiger partial charge is 0.191 e. The first kappa shape index (κ1) is 19.2. The van der Waals surface area contributed by atoms with Gasteiger partial charge in [0.25, 0.3) is 0 Å². The molecule has 2 N–H and O–H groups in total. The summed E-state index contributed by atoms with van der Waals surface area (Å²) in [6.45, 7) is 8.67. The van der Waals surface area contributed by atoms with Gasteiger partial charge in [0.1, 0.15) is 12.2 Å². The molecule has 1 fully saturated rings. The fourth-order valence-electron chi connectivity index (χ4n) is 3.49. The largest absolute Gasteiger partial charge is 0.369 e. The Morgan fingerprint density at radius 3 is 2.89 bits per heavy atom. The van der Waals surface area contributed by atoms with Crippen LogP contribution < -0.4 is 15.5 Å². The van der Waals surface area contributed by atoms with Gasteiger partial charge in [-0.1, -0.05) is 25.1 Å². The van der Waals surface area contributed by atoms with Crippen molar-refractivity contribution in [3.8, 4) is 0 Å². The van der Waals surface area contributed by atoms with Crippen LogP contribution in [0.3, 0.4) is 0 Å². The lowest BCUT2D eigenvalue weighted by molar-refractivity contribution is 0.468. The average Bonchev–Trinajstić information content (AvgIpc) is 3.16. The number of anilines is 1. The molecule has 1 atom stereocenters. The fraction of sp³-hybridized carbons (Fsp3) is 0.550. The topological polar surface area (TPSA) is 70.4 Å². The van der Waals surface area contributed by atoms with E-state index in [0.717, 1.165) is 44.4 Å². The van der Waals surface area contributed by atoms with Crippen molar-refractivity contribution in [2.24, 2.45) is 4.99 Å². The first-order chi connectivity index (χ1) is 13.3. The minimum Gasteiger partial charge on any atom is -0.369 e. The maximum absolute atomic E-state index is 4.76. The molecule has 2 aromatic rings. The van der Waals surface area contributed by atoms with Gasteiger partial charge in [0.15, 0.2) is 5.96 Å².